The topological polar surface area (TPSA) is 40.7 Å². The molecule has 0 spiro atoms. The molecule has 3 nitrogen and oxygen atoms in total. The summed E-state index contributed by atoms with van der Waals surface area (Å²) in [6, 6.07) is 6.72. The highest BCUT2D eigenvalue weighted by Gasteiger charge is 2.04. The molecule has 0 aliphatic carbocycles. The molecule has 0 fully saturated rings. The Hall–Kier alpha value is -1.68. The third-order valence-corrected chi connectivity index (χ3v) is 2.52. The molecule has 0 aliphatic rings. The van der Waals surface area contributed by atoms with Gasteiger partial charge >= 0.3 is 0 Å². The first-order chi connectivity index (χ1) is 7.75. The summed E-state index contributed by atoms with van der Waals surface area (Å²) < 4.78 is 12.7. The summed E-state index contributed by atoms with van der Waals surface area (Å²) in [5.41, 5.74) is 2.11. The van der Waals surface area contributed by atoms with Gasteiger partial charge in [0, 0.05) is 24.5 Å². The van der Waals surface area contributed by atoms with Crippen LogP contribution in [0, 0.1) is 5.82 Å². The molecule has 1 atom stereocenters. The number of aromatic amines is 1. The highest BCUT2D eigenvalue weighted by Crippen LogP contribution is 2.13. The Balaban J connectivity index is 1.93. The van der Waals surface area contributed by atoms with Crippen LogP contribution in [-0.2, 0) is 6.54 Å². The number of nitrogens with zero attached hydrogens (tertiary/aromatic N) is 1. The fraction of sp³-hybridized carbons (Fsp3) is 0.250. The van der Waals surface area contributed by atoms with Crippen LogP contribution in [0.5, 0.6) is 0 Å². The monoisotopic (exact) mass is 219 g/mol. The molecule has 0 unspecified atom stereocenters. The molecule has 16 heavy (non-hydrogen) atoms. The SMILES string of the molecule is C[C@@H](NCc1cnc[nH]1)c1ccc(F)cc1. The molecule has 0 saturated heterocycles. The molecular weight excluding hydrogens is 205 g/mol. The van der Waals surface area contributed by atoms with Crippen LogP contribution in [0.15, 0.2) is 36.8 Å². The molecule has 1 aromatic carbocycles. The van der Waals surface area contributed by atoms with Gasteiger partial charge in [-0.3, -0.25) is 0 Å². The van der Waals surface area contributed by atoms with Crippen molar-refractivity contribution in [3.8, 4) is 0 Å². The second-order valence-corrected chi connectivity index (χ2v) is 3.73. The summed E-state index contributed by atoms with van der Waals surface area (Å²) in [7, 11) is 0. The Morgan fingerprint density at radius 1 is 1.38 bits per heavy atom. The lowest BCUT2D eigenvalue weighted by Gasteiger charge is -2.13. The van der Waals surface area contributed by atoms with E-state index in [1.807, 2.05) is 6.92 Å². The van der Waals surface area contributed by atoms with Crippen molar-refractivity contribution in [1.29, 1.82) is 0 Å². The Bertz CT molecular complexity index is 422. The molecule has 84 valence electrons. The lowest BCUT2D eigenvalue weighted by Crippen LogP contribution is -2.18. The quantitative estimate of drug-likeness (QED) is 0.829. The molecular formula is C12H14FN3. The van der Waals surface area contributed by atoms with E-state index in [1.165, 1.54) is 12.1 Å². The number of rotatable bonds is 4. The van der Waals surface area contributed by atoms with Crippen molar-refractivity contribution >= 4 is 0 Å². The first-order valence-corrected chi connectivity index (χ1v) is 5.22. The third-order valence-electron chi connectivity index (χ3n) is 2.52. The number of imidazole rings is 1. The zero-order valence-electron chi connectivity index (χ0n) is 9.07. The molecule has 1 aromatic heterocycles. The van der Waals surface area contributed by atoms with Crippen molar-refractivity contribution in [2.45, 2.75) is 19.5 Å². The van der Waals surface area contributed by atoms with Crippen molar-refractivity contribution in [1.82, 2.24) is 15.3 Å². The van der Waals surface area contributed by atoms with Gasteiger partial charge in [-0.05, 0) is 24.6 Å². The minimum atomic E-state index is -0.204. The smallest absolute Gasteiger partial charge is 0.123 e. The van der Waals surface area contributed by atoms with Gasteiger partial charge in [-0.25, -0.2) is 9.37 Å². The minimum Gasteiger partial charge on any atom is -0.347 e. The Labute approximate surface area is 93.7 Å². The van der Waals surface area contributed by atoms with E-state index < -0.39 is 0 Å². The van der Waals surface area contributed by atoms with E-state index in [4.69, 9.17) is 0 Å². The van der Waals surface area contributed by atoms with Gasteiger partial charge in [-0.1, -0.05) is 12.1 Å². The van der Waals surface area contributed by atoms with Gasteiger partial charge in [0.1, 0.15) is 5.82 Å². The number of aromatic nitrogens is 2. The van der Waals surface area contributed by atoms with Crippen molar-refractivity contribution < 1.29 is 4.39 Å². The fourth-order valence-corrected chi connectivity index (χ4v) is 1.51. The van der Waals surface area contributed by atoms with Gasteiger partial charge < -0.3 is 10.3 Å². The van der Waals surface area contributed by atoms with Crippen molar-refractivity contribution in [3.05, 3.63) is 53.9 Å². The van der Waals surface area contributed by atoms with Gasteiger partial charge in [0.15, 0.2) is 0 Å². The van der Waals surface area contributed by atoms with E-state index in [-0.39, 0.29) is 11.9 Å². The van der Waals surface area contributed by atoms with Crippen LogP contribution in [0.25, 0.3) is 0 Å². The average Bonchev–Trinajstić information content (AvgIpc) is 2.80. The molecule has 4 heteroatoms. The average molecular weight is 219 g/mol. The normalized spacial score (nSPS) is 12.6. The summed E-state index contributed by atoms with van der Waals surface area (Å²) in [6.45, 7) is 2.77. The zero-order chi connectivity index (χ0) is 11.4. The summed E-state index contributed by atoms with van der Waals surface area (Å²) >= 11 is 0. The lowest BCUT2D eigenvalue weighted by atomic mass is 10.1. The van der Waals surface area contributed by atoms with Crippen LogP contribution in [0.2, 0.25) is 0 Å². The van der Waals surface area contributed by atoms with Crippen LogP contribution in [0.1, 0.15) is 24.2 Å². The van der Waals surface area contributed by atoms with Gasteiger partial charge in [-0.2, -0.15) is 0 Å². The maximum Gasteiger partial charge on any atom is 0.123 e. The Kier molecular flexibility index (Phi) is 3.31. The van der Waals surface area contributed by atoms with Crippen LogP contribution in [0.4, 0.5) is 4.39 Å². The highest BCUT2D eigenvalue weighted by molar-refractivity contribution is 5.19. The predicted octanol–water partition coefficient (Wildman–Crippen LogP) is 2.40. The number of H-pyrrole nitrogens is 1. The minimum absolute atomic E-state index is 0.184. The second-order valence-electron chi connectivity index (χ2n) is 3.73. The van der Waals surface area contributed by atoms with Crippen LogP contribution >= 0.6 is 0 Å². The van der Waals surface area contributed by atoms with Gasteiger partial charge in [-0.15, -0.1) is 0 Å². The molecule has 1 heterocycles. The number of nitrogens with one attached hydrogen (secondary N) is 2. The first kappa shape index (κ1) is 10.8. The Morgan fingerprint density at radius 2 is 2.12 bits per heavy atom. The molecule has 0 bridgehead atoms. The van der Waals surface area contributed by atoms with Crippen molar-refractivity contribution in [3.63, 3.8) is 0 Å². The maximum absolute atomic E-state index is 12.7. The molecule has 0 aliphatic heterocycles. The van der Waals surface area contributed by atoms with E-state index in [2.05, 4.69) is 15.3 Å². The third kappa shape index (κ3) is 2.67. The summed E-state index contributed by atoms with van der Waals surface area (Å²) in [6.07, 6.45) is 3.43. The molecule has 2 N–H and O–H groups in total. The summed E-state index contributed by atoms with van der Waals surface area (Å²) in [5, 5.41) is 3.33. The molecule has 0 radical (unpaired) electrons. The number of halogens is 1. The van der Waals surface area contributed by atoms with Gasteiger partial charge in [0.05, 0.1) is 6.33 Å². The number of benzene rings is 1. The van der Waals surface area contributed by atoms with E-state index in [9.17, 15) is 4.39 Å². The molecule has 2 aromatic rings. The van der Waals surface area contributed by atoms with Gasteiger partial charge in [0.25, 0.3) is 0 Å². The second kappa shape index (κ2) is 4.90. The first-order valence-electron chi connectivity index (χ1n) is 5.22. The van der Waals surface area contributed by atoms with Gasteiger partial charge in [0.2, 0.25) is 0 Å². The maximum atomic E-state index is 12.7. The largest absolute Gasteiger partial charge is 0.347 e. The van der Waals surface area contributed by atoms with Crippen molar-refractivity contribution in [2.75, 3.05) is 0 Å². The lowest BCUT2D eigenvalue weighted by molar-refractivity contribution is 0.566. The van der Waals surface area contributed by atoms with E-state index in [0.29, 0.717) is 0 Å². The fourth-order valence-electron chi connectivity index (χ4n) is 1.51. The van der Waals surface area contributed by atoms with Crippen LogP contribution in [-0.4, -0.2) is 9.97 Å². The van der Waals surface area contributed by atoms with Crippen LogP contribution in [0.3, 0.4) is 0 Å². The van der Waals surface area contributed by atoms with E-state index >= 15 is 0 Å². The molecule has 2 rings (SSSR count). The molecule has 0 saturated carbocycles. The standard InChI is InChI=1S/C12H14FN3/c1-9(10-2-4-11(13)5-3-10)15-7-12-6-14-8-16-12/h2-6,8-9,15H,7H2,1H3,(H,14,16)/t9-/m1/s1. The zero-order valence-corrected chi connectivity index (χ0v) is 9.07. The number of hydrogen-bond acceptors (Lipinski definition) is 2. The van der Waals surface area contributed by atoms with E-state index in [1.54, 1.807) is 24.7 Å². The number of hydrogen-bond donors (Lipinski definition) is 2. The van der Waals surface area contributed by atoms with E-state index in [0.717, 1.165) is 17.8 Å². The highest BCUT2D eigenvalue weighted by atomic mass is 19.1. The van der Waals surface area contributed by atoms with Crippen molar-refractivity contribution in [2.24, 2.45) is 0 Å². The van der Waals surface area contributed by atoms with Crippen LogP contribution < -0.4 is 5.32 Å². The Morgan fingerprint density at radius 3 is 2.75 bits per heavy atom. The predicted molar refractivity (Wildman–Crippen MR) is 60.2 cm³/mol. The summed E-state index contributed by atoms with van der Waals surface area (Å²) in [5.74, 6) is -0.204. The molecule has 0 amide bonds. The summed E-state index contributed by atoms with van der Waals surface area (Å²) in [4.78, 5) is 6.96.